The number of carbonyl (C=O) groups excluding carboxylic acids is 2. The number of benzene rings is 1. The molecule has 116 valence electrons. The number of Topliss-reactive ketones (excluding diaryl/α,β-unsaturated/α-hetero) is 1. The van der Waals surface area contributed by atoms with Crippen LogP contribution in [0.1, 0.15) is 52.7 Å². The summed E-state index contributed by atoms with van der Waals surface area (Å²) in [5.41, 5.74) is 1.81. The Balaban J connectivity index is 2.30. The van der Waals surface area contributed by atoms with E-state index in [2.05, 4.69) is 10.4 Å². The summed E-state index contributed by atoms with van der Waals surface area (Å²) in [6.45, 7) is 2.52. The third-order valence-electron chi connectivity index (χ3n) is 3.46. The number of amides is 1. The Morgan fingerprint density at radius 1 is 1.23 bits per heavy atom. The summed E-state index contributed by atoms with van der Waals surface area (Å²) in [5.74, 6) is -0.253. The fourth-order valence-corrected chi connectivity index (χ4v) is 2.22. The molecule has 0 fully saturated rings. The van der Waals surface area contributed by atoms with E-state index < -0.39 is 0 Å². The molecular formula is C17H21N3O2. The minimum absolute atomic E-state index is 0.0282. The number of carbonyl (C=O) groups is 2. The second kappa shape index (κ2) is 7.54. The third-order valence-corrected chi connectivity index (χ3v) is 3.46. The number of rotatable bonds is 7. The van der Waals surface area contributed by atoms with Crippen molar-refractivity contribution < 1.29 is 9.59 Å². The van der Waals surface area contributed by atoms with Gasteiger partial charge in [0.05, 0.1) is 6.54 Å². The third kappa shape index (κ3) is 3.81. The first-order chi connectivity index (χ1) is 10.7. The zero-order valence-electron chi connectivity index (χ0n) is 13.0. The molecule has 0 saturated heterocycles. The van der Waals surface area contributed by atoms with Gasteiger partial charge in [0, 0.05) is 19.5 Å². The smallest absolute Gasteiger partial charge is 0.271 e. The molecule has 5 heteroatoms. The van der Waals surface area contributed by atoms with Crippen LogP contribution in [0.15, 0.2) is 36.4 Å². The maximum Gasteiger partial charge on any atom is 0.271 e. The number of nitrogens with one attached hydrogen (secondary N) is 1. The lowest BCUT2D eigenvalue weighted by Crippen LogP contribution is -2.18. The van der Waals surface area contributed by atoms with Crippen LogP contribution in [0.3, 0.4) is 0 Å². The largest absolute Gasteiger partial charge is 0.354 e. The van der Waals surface area contributed by atoms with Gasteiger partial charge in [0.1, 0.15) is 5.69 Å². The van der Waals surface area contributed by atoms with Gasteiger partial charge in [0.2, 0.25) is 0 Å². The van der Waals surface area contributed by atoms with Crippen LogP contribution in [0, 0.1) is 0 Å². The van der Waals surface area contributed by atoms with Gasteiger partial charge >= 0.3 is 0 Å². The Kier molecular flexibility index (Phi) is 5.47. The Morgan fingerprint density at radius 3 is 2.59 bits per heavy atom. The van der Waals surface area contributed by atoms with E-state index >= 15 is 0 Å². The van der Waals surface area contributed by atoms with Crippen molar-refractivity contribution in [3.63, 3.8) is 0 Å². The normalized spacial score (nSPS) is 10.5. The zero-order chi connectivity index (χ0) is 15.9. The van der Waals surface area contributed by atoms with Crippen LogP contribution in [-0.4, -0.2) is 28.5 Å². The predicted octanol–water partition coefficient (Wildman–Crippen LogP) is 2.66. The second-order valence-corrected chi connectivity index (χ2v) is 5.16. The monoisotopic (exact) mass is 299 g/mol. The first-order valence-corrected chi connectivity index (χ1v) is 7.52. The molecule has 0 saturated carbocycles. The van der Waals surface area contributed by atoms with Crippen LogP contribution in [0.25, 0.3) is 0 Å². The molecule has 1 heterocycles. The van der Waals surface area contributed by atoms with Gasteiger partial charge in [-0.25, -0.2) is 0 Å². The van der Waals surface area contributed by atoms with E-state index in [1.807, 2.05) is 37.3 Å². The van der Waals surface area contributed by atoms with Crippen LogP contribution in [0.4, 0.5) is 0 Å². The number of hydrogen-bond donors (Lipinski definition) is 1. The van der Waals surface area contributed by atoms with Crippen molar-refractivity contribution in [1.82, 2.24) is 15.1 Å². The molecule has 1 N–H and O–H groups in total. The van der Waals surface area contributed by atoms with Crippen molar-refractivity contribution in [2.24, 2.45) is 0 Å². The van der Waals surface area contributed by atoms with Crippen LogP contribution >= 0.6 is 0 Å². The summed E-state index contributed by atoms with van der Waals surface area (Å²) >= 11 is 0. The van der Waals surface area contributed by atoms with Crippen molar-refractivity contribution in [3.8, 4) is 0 Å². The van der Waals surface area contributed by atoms with Crippen molar-refractivity contribution >= 4 is 11.7 Å². The number of hydrogen-bond acceptors (Lipinski definition) is 3. The quantitative estimate of drug-likeness (QED) is 0.799. The van der Waals surface area contributed by atoms with Crippen LogP contribution in [-0.2, 0) is 6.54 Å². The minimum atomic E-state index is -0.281. The molecule has 1 aromatic carbocycles. The second-order valence-electron chi connectivity index (χ2n) is 5.16. The number of unbranched alkanes of at least 4 members (excludes halogenated alkanes) is 1. The van der Waals surface area contributed by atoms with E-state index in [-0.39, 0.29) is 17.4 Å². The zero-order valence-corrected chi connectivity index (χ0v) is 13.0. The minimum Gasteiger partial charge on any atom is -0.354 e. The average molecular weight is 299 g/mol. The Bertz CT molecular complexity index is 647. The molecule has 0 atom stereocenters. The molecule has 0 aliphatic carbocycles. The van der Waals surface area contributed by atoms with Crippen LogP contribution in [0.5, 0.6) is 0 Å². The molecule has 0 unspecified atom stereocenters. The molecule has 0 aliphatic rings. The van der Waals surface area contributed by atoms with Crippen molar-refractivity contribution in [3.05, 3.63) is 53.3 Å². The molecule has 0 aliphatic heterocycles. The van der Waals surface area contributed by atoms with E-state index in [0.29, 0.717) is 18.7 Å². The summed E-state index contributed by atoms with van der Waals surface area (Å²) in [6, 6.07) is 11.4. The first-order valence-electron chi connectivity index (χ1n) is 7.52. The topological polar surface area (TPSA) is 64.0 Å². The van der Waals surface area contributed by atoms with Crippen LogP contribution in [0.2, 0.25) is 0 Å². The predicted molar refractivity (Wildman–Crippen MR) is 85.0 cm³/mol. The molecule has 0 bridgehead atoms. The van der Waals surface area contributed by atoms with Crippen molar-refractivity contribution in [1.29, 1.82) is 0 Å². The average Bonchev–Trinajstić information content (AvgIpc) is 2.96. The summed E-state index contributed by atoms with van der Waals surface area (Å²) in [6.07, 6.45) is 2.27. The summed E-state index contributed by atoms with van der Waals surface area (Å²) < 4.78 is 1.62. The van der Waals surface area contributed by atoms with Gasteiger partial charge in [0.25, 0.3) is 5.91 Å². The van der Waals surface area contributed by atoms with E-state index in [4.69, 9.17) is 0 Å². The highest BCUT2D eigenvalue weighted by Crippen LogP contribution is 2.12. The molecule has 1 amide bonds. The maximum atomic E-state index is 12.3. The Morgan fingerprint density at radius 2 is 1.95 bits per heavy atom. The summed E-state index contributed by atoms with van der Waals surface area (Å²) in [5, 5.41) is 6.83. The molecule has 5 nitrogen and oxygen atoms in total. The molecule has 22 heavy (non-hydrogen) atoms. The van der Waals surface area contributed by atoms with Gasteiger partial charge in [-0.15, -0.1) is 0 Å². The van der Waals surface area contributed by atoms with Crippen molar-refractivity contribution in [2.75, 3.05) is 7.05 Å². The Hall–Kier alpha value is -2.43. The summed E-state index contributed by atoms with van der Waals surface area (Å²) in [7, 11) is 1.55. The standard InChI is InChI=1S/C17H21N3O2/c1-3-4-10-16(21)15-11-14(17(22)18-2)19-20(15)12-13-8-6-5-7-9-13/h5-9,11H,3-4,10,12H2,1-2H3,(H,18,22). The molecular weight excluding hydrogens is 278 g/mol. The Labute approximate surface area is 130 Å². The fourth-order valence-electron chi connectivity index (χ4n) is 2.22. The van der Waals surface area contributed by atoms with E-state index in [1.54, 1.807) is 17.8 Å². The van der Waals surface area contributed by atoms with Gasteiger partial charge in [-0.05, 0) is 12.0 Å². The van der Waals surface area contributed by atoms with Gasteiger partial charge in [-0.1, -0.05) is 43.7 Å². The van der Waals surface area contributed by atoms with Crippen LogP contribution < -0.4 is 5.32 Å². The van der Waals surface area contributed by atoms with Gasteiger partial charge < -0.3 is 5.32 Å². The lowest BCUT2D eigenvalue weighted by molar-refractivity contribution is 0.0953. The van der Waals surface area contributed by atoms with Crippen molar-refractivity contribution in [2.45, 2.75) is 32.7 Å². The van der Waals surface area contributed by atoms with E-state index in [1.165, 1.54) is 0 Å². The number of aromatic nitrogens is 2. The van der Waals surface area contributed by atoms with Gasteiger partial charge in [-0.2, -0.15) is 5.10 Å². The fraction of sp³-hybridized carbons (Fsp3) is 0.353. The highest BCUT2D eigenvalue weighted by Gasteiger charge is 2.18. The SMILES string of the molecule is CCCCC(=O)c1cc(C(=O)NC)nn1Cc1ccccc1. The molecule has 1 aromatic heterocycles. The van der Waals surface area contributed by atoms with Gasteiger partial charge in [-0.3, -0.25) is 14.3 Å². The van der Waals surface area contributed by atoms with E-state index in [9.17, 15) is 9.59 Å². The molecule has 0 radical (unpaired) electrons. The number of nitrogens with zero attached hydrogens (tertiary/aromatic N) is 2. The molecule has 2 rings (SSSR count). The molecule has 2 aromatic rings. The highest BCUT2D eigenvalue weighted by atomic mass is 16.2. The molecule has 0 spiro atoms. The lowest BCUT2D eigenvalue weighted by atomic mass is 10.1. The lowest BCUT2D eigenvalue weighted by Gasteiger charge is -2.06. The highest BCUT2D eigenvalue weighted by molar-refractivity contribution is 5.98. The first kappa shape index (κ1) is 15.9. The summed E-state index contributed by atoms with van der Waals surface area (Å²) in [4.78, 5) is 24.1. The number of ketones is 1. The van der Waals surface area contributed by atoms with Gasteiger partial charge in [0.15, 0.2) is 11.5 Å². The maximum absolute atomic E-state index is 12.3. The van der Waals surface area contributed by atoms with E-state index in [0.717, 1.165) is 18.4 Å².